The number of ether oxygens (including phenoxy) is 2. The molecular weight excluding hydrogens is 411 g/mol. The van der Waals surface area contributed by atoms with Crippen molar-refractivity contribution in [3.8, 4) is 11.5 Å². The Balaban J connectivity index is 1.78. The topological polar surface area (TPSA) is 95.3 Å². The van der Waals surface area contributed by atoms with Crippen LogP contribution in [0.5, 0.6) is 11.5 Å². The van der Waals surface area contributed by atoms with Gasteiger partial charge in [0.15, 0.2) is 11.5 Å². The standard InChI is InChI=1S/C17H16ClFN4O4S/c1-26-15-6-5-13(8-16(15)27-2)28(24,25)22-17-20-10-23(21-17)9-11-3-4-12(19)7-14(11)18/h3-8,10H,9H2,1-2H3,(H,21,22). The summed E-state index contributed by atoms with van der Waals surface area (Å²) < 4.78 is 52.2. The minimum Gasteiger partial charge on any atom is -0.493 e. The zero-order chi connectivity index (χ0) is 20.3. The molecule has 0 unspecified atom stereocenters. The molecule has 28 heavy (non-hydrogen) atoms. The average Bonchev–Trinajstić information content (AvgIpc) is 3.09. The van der Waals surface area contributed by atoms with Crippen LogP contribution in [-0.4, -0.2) is 37.4 Å². The van der Waals surface area contributed by atoms with Gasteiger partial charge in [-0.15, -0.1) is 5.10 Å². The summed E-state index contributed by atoms with van der Waals surface area (Å²) in [7, 11) is -1.08. The molecule has 0 radical (unpaired) electrons. The van der Waals surface area contributed by atoms with Crippen molar-refractivity contribution in [2.45, 2.75) is 11.4 Å². The Hall–Kier alpha value is -2.85. The van der Waals surface area contributed by atoms with E-state index >= 15 is 0 Å². The van der Waals surface area contributed by atoms with Crippen LogP contribution in [0.3, 0.4) is 0 Å². The number of aromatic nitrogens is 3. The maximum absolute atomic E-state index is 13.1. The van der Waals surface area contributed by atoms with Crippen molar-refractivity contribution in [1.82, 2.24) is 14.8 Å². The minimum atomic E-state index is -3.94. The second-order valence-electron chi connectivity index (χ2n) is 5.62. The normalized spacial score (nSPS) is 11.3. The van der Waals surface area contributed by atoms with Crippen molar-refractivity contribution in [2.24, 2.45) is 0 Å². The van der Waals surface area contributed by atoms with E-state index in [1.54, 1.807) is 0 Å². The molecule has 148 valence electrons. The number of anilines is 1. The van der Waals surface area contributed by atoms with Crippen molar-refractivity contribution in [3.63, 3.8) is 0 Å². The lowest BCUT2D eigenvalue weighted by Gasteiger charge is -2.10. The molecule has 0 aliphatic rings. The van der Waals surface area contributed by atoms with Gasteiger partial charge in [0.1, 0.15) is 12.1 Å². The second kappa shape index (κ2) is 8.03. The lowest BCUT2D eigenvalue weighted by Crippen LogP contribution is -2.14. The fraction of sp³-hybridized carbons (Fsp3) is 0.176. The van der Waals surface area contributed by atoms with Gasteiger partial charge in [0, 0.05) is 11.1 Å². The van der Waals surface area contributed by atoms with Crippen LogP contribution in [0, 0.1) is 5.82 Å². The van der Waals surface area contributed by atoms with Crippen LogP contribution in [0.2, 0.25) is 5.02 Å². The first-order valence-corrected chi connectivity index (χ1v) is 9.76. The molecule has 8 nitrogen and oxygen atoms in total. The summed E-state index contributed by atoms with van der Waals surface area (Å²) in [5, 5.41) is 4.30. The van der Waals surface area contributed by atoms with E-state index in [2.05, 4.69) is 14.8 Å². The highest BCUT2D eigenvalue weighted by Gasteiger charge is 2.19. The van der Waals surface area contributed by atoms with E-state index in [0.29, 0.717) is 11.3 Å². The van der Waals surface area contributed by atoms with Crippen molar-refractivity contribution >= 4 is 27.6 Å². The first kappa shape index (κ1) is 19.9. The number of methoxy groups -OCH3 is 2. The third kappa shape index (κ3) is 4.34. The lowest BCUT2D eigenvalue weighted by molar-refractivity contribution is 0.354. The summed E-state index contributed by atoms with van der Waals surface area (Å²) in [4.78, 5) is 3.90. The second-order valence-corrected chi connectivity index (χ2v) is 7.71. The largest absolute Gasteiger partial charge is 0.493 e. The smallest absolute Gasteiger partial charge is 0.264 e. The highest BCUT2D eigenvalue weighted by atomic mass is 35.5. The third-order valence-electron chi connectivity index (χ3n) is 3.77. The van der Waals surface area contributed by atoms with Crippen molar-refractivity contribution in [2.75, 3.05) is 18.9 Å². The van der Waals surface area contributed by atoms with Gasteiger partial charge < -0.3 is 9.47 Å². The van der Waals surface area contributed by atoms with Gasteiger partial charge in [-0.2, -0.15) is 4.98 Å². The molecule has 0 aliphatic carbocycles. The number of sulfonamides is 1. The summed E-state index contributed by atoms with van der Waals surface area (Å²) in [5.74, 6) is 0.110. The van der Waals surface area contributed by atoms with Crippen molar-refractivity contribution < 1.29 is 22.3 Å². The van der Waals surface area contributed by atoms with E-state index in [9.17, 15) is 12.8 Å². The molecule has 0 amide bonds. The molecule has 3 rings (SSSR count). The number of nitrogens with one attached hydrogen (secondary N) is 1. The van der Waals surface area contributed by atoms with Gasteiger partial charge in [0.05, 0.1) is 25.7 Å². The molecule has 1 N–H and O–H groups in total. The van der Waals surface area contributed by atoms with Crippen LogP contribution in [0.15, 0.2) is 47.6 Å². The van der Waals surface area contributed by atoms with Crippen molar-refractivity contribution in [1.29, 1.82) is 0 Å². The van der Waals surface area contributed by atoms with Gasteiger partial charge in [-0.25, -0.2) is 22.2 Å². The number of nitrogens with zero attached hydrogens (tertiary/aromatic N) is 3. The average molecular weight is 427 g/mol. The predicted molar refractivity (Wildman–Crippen MR) is 101 cm³/mol. The van der Waals surface area contributed by atoms with E-state index in [4.69, 9.17) is 21.1 Å². The Morgan fingerprint density at radius 3 is 2.57 bits per heavy atom. The molecule has 0 bridgehead atoms. The van der Waals surface area contributed by atoms with E-state index in [-0.39, 0.29) is 28.2 Å². The van der Waals surface area contributed by atoms with E-state index < -0.39 is 15.8 Å². The Morgan fingerprint density at radius 2 is 1.89 bits per heavy atom. The maximum Gasteiger partial charge on any atom is 0.264 e. The zero-order valence-corrected chi connectivity index (χ0v) is 16.5. The van der Waals surface area contributed by atoms with Gasteiger partial charge in [-0.1, -0.05) is 17.7 Å². The molecular formula is C17H16ClFN4O4S. The summed E-state index contributed by atoms with van der Waals surface area (Å²) in [6, 6.07) is 8.17. The van der Waals surface area contributed by atoms with Crippen LogP contribution < -0.4 is 14.2 Å². The number of rotatable bonds is 7. The van der Waals surface area contributed by atoms with Crippen LogP contribution in [0.1, 0.15) is 5.56 Å². The van der Waals surface area contributed by atoms with E-state index in [0.717, 1.165) is 0 Å². The third-order valence-corrected chi connectivity index (χ3v) is 5.45. The highest BCUT2D eigenvalue weighted by molar-refractivity contribution is 7.92. The Bertz CT molecular complexity index is 1100. The fourth-order valence-corrected chi connectivity index (χ4v) is 3.59. The number of benzene rings is 2. The summed E-state index contributed by atoms with van der Waals surface area (Å²) in [6.07, 6.45) is 1.34. The quantitative estimate of drug-likeness (QED) is 0.624. The Labute approximate surface area is 165 Å². The SMILES string of the molecule is COc1ccc(S(=O)(=O)Nc2ncn(Cc3ccc(F)cc3Cl)n2)cc1OC. The van der Waals surface area contributed by atoms with Gasteiger partial charge in [0.2, 0.25) is 0 Å². The van der Waals surface area contributed by atoms with E-state index in [1.165, 1.54) is 61.6 Å². The molecule has 0 saturated heterocycles. The maximum atomic E-state index is 13.1. The number of hydrogen-bond donors (Lipinski definition) is 1. The minimum absolute atomic E-state index is 0.0388. The molecule has 0 fully saturated rings. The highest BCUT2D eigenvalue weighted by Crippen LogP contribution is 2.29. The molecule has 0 saturated carbocycles. The molecule has 0 atom stereocenters. The van der Waals surface area contributed by atoms with Crippen LogP contribution in [0.4, 0.5) is 10.3 Å². The fourth-order valence-electron chi connectivity index (χ4n) is 2.40. The predicted octanol–water partition coefficient (Wildman–Crippen LogP) is 2.94. The summed E-state index contributed by atoms with van der Waals surface area (Å²) in [6.45, 7) is 0.199. The lowest BCUT2D eigenvalue weighted by atomic mass is 10.2. The molecule has 2 aromatic carbocycles. The van der Waals surface area contributed by atoms with Crippen LogP contribution in [-0.2, 0) is 16.6 Å². The summed E-state index contributed by atoms with van der Waals surface area (Å²) in [5.41, 5.74) is 0.613. The number of hydrogen-bond acceptors (Lipinski definition) is 6. The first-order valence-electron chi connectivity index (χ1n) is 7.90. The van der Waals surface area contributed by atoms with Crippen molar-refractivity contribution in [3.05, 3.63) is 59.1 Å². The summed E-state index contributed by atoms with van der Waals surface area (Å²) >= 11 is 5.99. The molecule has 1 heterocycles. The van der Waals surface area contributed by atoms with Gasteiger partial charge in [-0.05, 0) is 29.8 Å². The zero-order valence-electron chi connectivity index (χ0n) is 14.9. The molecule has 3 aromatic rings. The molecule has 0 aliphatic heterocycles. The Kier molecular flexibility index (Phi) is 5.71. The first-order chi connectivity index (χ1) is 13.3. The Morgan fingerprint density at radius 1 is 1.14 bits per heavy atom. The van der Waals surface area contributed by atoms with E-state index in [1.807, 2.05) is 0 Å². The van der Waals surface area contributed by atoms with Crippen LogP contribution in [0.25, 0.3) is 0 Å². The van der Waals surface area contributed by atoms with Gasteiger partial charge >= 0.3 is 0 Å². The number of halogens is 2. The van der Waals surface area contributed by atoms with Gasteiger partial charge in [-0.3, -0.25) is 0 Å². The molecule has 11 heteroatoms. The molecule has 1 aromatic heterocycles. The monoisotopic (exact) mass is 426 g/mol. The van der Waals surface area contributed by atoms with Gasteiger partial charge in [0.25, 0.3) is 16.0 Å². The molecule has 0 spiro atoms. The van der Waals surface area contributed by atoms with Crippen LogP contribution >= 0.6 is 11.6 Å².